The van der Waals surface area contributed by atoms with Gasteiger partial charge in [-0.25, -0.2) is 4.90 Å². The third-order valence-corrected chi connectivity index (χ3v) is 7.78. The van der Waals surface area contributed by atoms with Crippen LogP contribution in [0, 0.1) is 11.8 Å². The quantitative estimate of drug-likeness (QED) is 0.428. The van der Waals surface area contributed by atoms with Crippen LogP contribution in [-0.2, 0) is 14.4 Å². The van der Waals surface area contributed by atoms with E-state index in [0.717, 1.165) is 16.0 Å². The zero-order valence-corrected chi connectivity index (χ0v) is 20.8. The van der Waals surface area contributed by atoms with E-state index in [1.54, 1.807) is 42.6 Å². The van der Waals surface area contributed by atoms with Gasteiger partial charge in [0.2, 0.25) is 17.7 Å². The predicted molar refractivity (Wildman–Crippen MR) is 140 cm³/mol. The second-order valence-corrected chi connectivity index (χ2v) is 10.2. The van der Waals surface area contributed by atoms with Crippen molar-refractivity contribution in [1.29, 1.82) is 0 Å². The van der Waals surface area contributed by atoms with E-state index < -0.39 is 35.7 Å². The third kappa shape index (κ3) is 3.52. The van der Waals surface area contributed by atoms with Gasteiger partial charge in [-0.15, -0.1) is 0 Å². The molecule has 0 radical (unpaired) electrons. The van der Waals surface area contributed by atoms with Crippen molar-refractivity contribution in [3.05, 3.63) is 99.1 Å². The first kappa shape index (κ1) is 23.1. The van der Waals surface area contributed by atoms with Gasteiger partial charge in [0.05, 0.1) is 28.6 Å². The van der Waals surface area contributed by atoms with Crippen LogP contribution in [0.15, 0.2) is 72.9 Å². The van der Waals surface area contributed by atoms with Crippen molar-refractivity contribution in [3.8, 4) is 0 Å². The zero-order valence-electron chi connectivity index (χ0n) is 18.6. The molecule has 6 nitrogen and oxygen atoms in total. The number of imide groups is 1. The van der Waals surface area contributed by atoms with Gasteiger partial charge >= 0.3 is 0 Å². The molecule has 0 aliphatic carbocycles. The van der Waals surface area contributed by atoms with Crippen LogP contribution >= 0.6 is 34.8 Å². The van der Waals surface area contributed by atoms with Crippen LogP contribution in [0.2, 0.25) is 15.1 Å². The molecule has 2 fully saturated rings. The van der Waals surface area contributed by atoms with Crippen molar-refractivity contribution in [2.75, 3.05) is 10.2 Å². The number of anilines is 2. The molecular weight excluding hydrogens is 521 g/mol. The summed E-state index contributed by atoms with van der Waals surface area (Å²) in [5, 5.41) is 4.01. The van der Waals surface area contributed by atoms with Gasteiger partial charge in [-0.2, -0.15) is 0 Å². The zero-order chi connectivity index (χ0) is 25.1. The van der Waals surface area contributed by atoms with Gasteiger partial charge in [0.1, 0.15) is 6.04 Å². The number of nitrogens with zero attached hydrogens (tertiary/aromatic N) is 2. The molecule has 0 spiro atoms. The summed E-state index contributed by atoms with van der Waals surface area (Å²) in [6.45, 7) is 0. The van der Waals surface area contributed by atoms with Crippen LogP contribution in [-0.4, -0.2) is 28.7 Å². The molecule has 0 saturated carbocycles. The fraction of sp³-hybridized carbons (Fsp3) is 0.148. The van der Waals surface area contributed by atoms with Crippen molar-refractivity contribution in [2.24, 2.45) is 11.8 Å². The normalized spacial score (nSPS) is 24.0. The molecule has 3 amide bonds. The molecule has 4 atom stereocenters. The minimum Gasteiger partial charge on any atom is -0.357 e. The molecule has 9 heteroatoms. The monoisotopic (exact) mass is 537 g/mol. The van der Waals surface area contributed by atoms with Crippen LogP contribution in [0.1, 0.15) is 17.2 Å². The molecule has 0 aromatic heterocycles. The molecular formula is C27H18Cl3N3O3. The molecule has 36 heavy (non-hydrogen) atoms. The first-order valence-corrected chi connectivity index (χ1v) is 12.4. The van der Waals surface area contributed by atoms with Crippen molar-refractivity contribution >= 4 is 70.0 Å². The molecule has 0 bridgehead atoms. The number of rotatable bonds is 3. The molecule has 2 saturated heterocycles. The van der Waals surface area contributed by atoms with E-state index in [9.17, 15) is 14.4 Å². The van der Waals surface area contributed by atoms with Crippen LogP contribution in [0.25, 0.3) is 6.08 Å². The summed E-state index contributed by atoms with van der Waals surface area (Å²) < 4.78 is 0. The Bertz CT molecular complexity index is 1460. The number of hydrogen-bond donors (Lipinski definition) is 1. The molecule has 6 rings (SSSR count). The number of halogens is 3. The van der Waals surface area contributed by atoms with Crippen molar-refractivity contribution in [1.82, 2.24) is 4.90 Å². The highest BCUT2D eigenvalue weighted by atomic mass is 35.5. The minimum absolute atomic E-state index is 0.187. The molecule has 1 N–H and O–H groups in total. The van der Waals surface area contributed by atoms with Crippen molar-refractivity contribution in [2.45, 2.75) is 12.1 Å². The Morgan fingerprint density at radius 3 is 2.28 bits per heavy atom. The van der Waals surface area contributed by atoms with Gasteiger partial charge in [0, 0.05) is 21.9 Å². The Morgan fingerprint density at radius 2 is 1.53 bits per heavy atom. The molecule has 3 aliphatic heterocycles. The van der Waals surface area contributed by atoms with Crippen LogP contribution in [0.3, 0.4) is 0 Å². The fourth-order valence-electron chi connectivity index (χ4n) is 5.51. The van der Waals surface area contributed by atoms with Gasteiger partial charge in [-0.1, -0.05) is 59.1 Å². The molecule has 3 aliphatic rings. The number of amides is 3. The van der Waals surface area contributed by atoms with Crippen LogP contribution in [0.4, 0.5) is 11.4 Å². The number of fused-ring (bicyclic) bond motifs is 5. The first-order valence-electron chi connectivity index (χ1n) is 11.3. The number of nitrogens with one attached hydrogen (secondary N) is 1. The standard InChI is InChI=1S/C27H18Cl3N3O3/c28-15-5-8-17(9-6-15)31-25(34)24-22-21(23-18-4-2-1-3-14(18)11-12-32(23)24)26(35)33(27(22)36)20-10-7-16(29)13-19(20)30/h1-13,21-24H,(H,31,34)/t21-,22+,23-,24-/m0/s1. The summed E-state index contributed by atoms with van der Waals surface area (Å²) in [6.07, 6.45) is 3.70. The summed E-state index contributed by atoms with van der Waals surface area (Å²) in [5.41, 5.74) is 2.63. The van der Waals surface area contributed by atoms with Gasteiger partial charge in [-0.3, -0.25) is 14.4 Å². The Hall–Kier alpha value is -3.32. The lowest BCUT2D eigenvalue weighted by Crippen LogP contribution is -2.46. The van der Waals surface area contributed by atoms with Gasteiger partial charge in [-0.05, 0) is 59.7 Å². The summed E-state index contributed by atoms with van der Waals surface area (Å²) in [6, 6.07) is 17.6. The molecule has 0 unspecified atom stereocenters. The van der Waals surface area contributed by atoms with E-state index in [-0.39, 0.29) is 16.6 Å². The highest BCUT2D eigenvalue weighted by molar-refractivity contribution is 6.38. The highest BCUT2D eigenvalue weighted by Gasteiger charge is 2.64. The first-order chi connectivity index (χ1) is 17.3. The lowest BCUT2D eigenvalue weighted by atomic mass is 9.84. The summed E-state index contributed by atoms with van der Waals surface area (Å²) >= 11 is 18.4. The van der Waals surface area contributed by atoms with Crippen LogP contribution in [0.5, 0.6) is 0 Å². The number of carbonyl (C=O) groups excluding carboxylic acids is 3. The van der Waals surface area contributed by atoms with E-state index >= 15 is 0 Å². The minimum atomic E-state index is -0.909. The maximum atomic E-state index is 13.9. The van der Waals surface area contributed by atoms with Gasteiger partial charge in [0.15, 0.2) is 0 Å². The lowest BCUT2D eigenvalue weighted by Gasteiger charge is -2.35. The Balaban J connectivity index is 1.45. The fourth-order valence-corrected chi connectivity index (χ4v) is 6.13. The van der Waals surface area contributed by atoms with Crippen molar-refractivity contribution < 1.29 is 14.4 Å². The maximum Gasteiger partial charge on any atom is 0.247 e. The second kappa shape index (κ2) is 8.66. The van der Waals surface area contributed by atoms with Gasteiger partial charge in [0.25, 0.3) is 0 Å². The Morgan fingerprint density at radius 1 is 0.833 bits per heavy atom. The Labute approximate surface area is 222 Å². The summed E-state index contributed by atoms with van der Waals surface area (Å²) in [4.78, 5) is 44.4. The van der Waals surface area contributed by atoms with E-state index in [4.69, 9.17) is 34.8 Å². The topological polar surface area (TPSA) is 69.7 Å². The van der Waals surface area contributed by atoms with E-state index in [0.29, 0.717) is 15.7 Å². The summed E-state index contributed by atoms with van der Waals surface area (Å²) in [7, 11) is 0. The molecule has 180 valence electrons. The van der Waals surface area contributed by atoms with Crippen molar-refractivity contribution in [3.63, 3.8) is 0 Å². The SMILES string of the molecule is O=C(Nc1ccc(Cl)cc1)[C@@H]1[C@@H]2C(=O)N(c3ccc(Cl)cc3Cl)C(=O)[C@@H]2[C@@H]2c3ccccc3C=CN12. The maximum absolute atomic E-state index is 13.9. The molecule has 3 heterocycles. The predicted octanol–water partition coefficient (Wildman–Crippen LogP) is 5.80. The average Bonchev–Trinajstić information content (AvgIpc) is 3.34. The van der Waals surface area contributed by atoms with E-state index in [1.807, 2.05) is 35.2 Å². The third-order valence-electron chi connectivity index (χ3n) is 6.99. The average molecular weight is 539 g/mol. The smallest absolute Gasteiger partial charge is 0.247 e. The van der Waals surface area contributed by atoms with E-state index in [2.05, 4.69) is 5.32 Å². The van der Waals surface area contributed by atoms with Crippen LogP contribution < -0.4 is 10.2 Å². The lowest BCUT2D eigenvalue weighted by molar-refractivity contribution is -0.128. The summed E-state index contributed by atoms with van der Waals surface area (Å²) in [5.74, 6) is -2.92. The van der Waals surface area contributed by atoms with Gasteiger partial charge < -0.3 is 10.2 Å². The Kier molecular flexibility index (Phi) is 5.56. The second-order valence-electron chi connectivity index (χ2n) is 8.94. The number of carbonyl (C=O) groups is 3. The number of benzene rings is 3. The highest BCUT2D eigenvalue weighted by Crippen LogP contribution is 2.53. The largest absolute Gasteiger partial charge is 0.357 e. The molecule has 3 aromatic rings. The molecule has 3 aromatic carbocycles. The van der Waals surface area contributed by atoms with E-state index in [1.165, 1.54) is 6.07 Å². The number of hydrogen-bond acceptors (Lipinski definition) is 4.